The Bertz CT molecular complexity index is 386. The molecule has 0 spiro atoms. The predicted octanol–water partition coefficient (Wildman–Crippen LogP) is 2.96. The zero-order valence-corrected chi connectivity index (χ0v) is 10.1. The number of nitrogens with zero attached hydrogens (tertiary/aromatic N) is 2. The van der Waals surface area contributed by atoms with Crippen LogP contribution in [0.4, 0.5) is 5.82 Å². The molecule has 1 fully saturated rings. The fourth-order valence-electron chi connectivity index (χ4n) is 1.45. The molecule has 3 nitrogen and oxygen atoms in total. The van der Waals surface area contributed by atoms with E-state index in [9.17, 15) is 0 Å². The Hall–Kier alpha value is -0.830. The Labute approximate surface area is 95.3 Å². The number of anilines is 1. The van der Waals surface area contributed by atoms with Gasteiger partial charge in [0.25, 0.3) is 0 Å². The maximum atomic E-state index is 5.99. The number of aromatic nitrogens is 2. The average molecular weight is 226 g/mol. The highest BCUT2D eigenvalue weighted by atomic mass is 35.5. The summed E-state index contributed by atoms with van der Waals surface area (Å²) in [7, 11) is 0. The summed E-state index contributed by atoms with van der Waals surface area (Å²) in [5.74, 6) is 1.59. The summed E-state index contributed by atoms with van der Waals surface area (Å²) in [6, 6.07) is 0. The van der Waals surface area contributed by atoms with Crippen molar-refractivity contribution in [2.45, 2.75) is 33.6 Å². The van der Waals surface area contributed by atoms with E-state index in [1.807, 2.05) is 13.8 Å². The number of nitrogens with one attached hydrogen (secondary N) is 1. The Balaban J connectivity index is 2.13. The summed E-state index contributed by atoms with van der Waals surface area (Å²) in [6.45, 7) is 7.06. The smallest absolute Gasteiger partial charge is 0.137 e. The number of rotatable bonds is 3. The molecule has 0 radical (unpaired) electrons. The van der Waals surface area contributed by atoms with Gasteiger partial charge in [-0.2, -0.15) is 0 Å². The summed E-state index contributed by atoms with van der Waals surface area (Å²) in [4.78, 5) is 8.47. The third-order valence-electron chi connectivity index (χ3n) is 2.98. The lowest BCUT2D eigenvalue weighted by atomic mass is 10.1. The monoisotopic (exact) mass is 225 g/mol. The van der Waals surface area contributed by atoms with Crippen LogP contribution in [0.1, 0.15) is 31.2 Å². The van der Waals surface area contributed by atoms with Gasteiger partial charge >= 0.3 is 0 Å². The van der Waals surface area contributed by atoms with Gasteiger partial charge in [0.2, 0.25) is 0 Å². The van der Waals surface area contributed by atoms with Gasteiger partial charge in [-0.05, 0) is 32.1 Å². The van der Waals surface area contributed by atoms with Crippen molar-refractivity contribution in [2.24, 2.45) is 5.41 Å². The second-order valence-corrected chi connectivity index (χ2v) is 5.06. The molecule has 1 aliphatic rings. The van der Waals surface area contributed by atoms with Crippen LogP contribution in [0.25, 0.3) is 0 Å². The van der Waals surface area contributed by atoms with E-state index in [0.29, 0.717) is 16.4 Å². The number of hydrogen-bond acceptors (Lipinski definition) is 3. The minimum atomic E-state index is 0.470. The van der Waals surface area contributed by atoms with Gasteiger partial charge < -0.3 is 5.32 Å². The summed E-state index contributed by atoms with van der Waals surface area (Å²) in [6.07, 6.45) is 2.60. The summed E-state index contributed by atoms with van der Waals surface area (Å²) < 4.78 is 0. The Kier molecular flexibility index (Phi) is 2.59. The quantitative estimate of drug-likeness (QED) is 0.804. The fraction of sp³-hybridized carbons (Fsp3) is 0.636. The number of aryl methyl sites for hydroxylation is 1. The highest BCUT2D eigenvalue weighted by molar-refractivity contribution is 6.30. The molecular formula is C11H16ClN3. The molecule has 1 aliphatic carbocycles. The van der Waals surface area contributed by atoms with Crippen LogP contribution in [-0.2, 0) is 0 Å². The maximum absolute atomic E-state index is 5.99. The first-order valence-electron chi connectivity index (χ1n) is 5.25. The van der Waals surface area contributed by atoms with Crippen LogP contribution < -0.4 is 5.32 Å². The Morgan fingerprint density at radius 3 is 2.60 bits per heavy atom. The van der Waals surface area contributed by atoms with Crippen molar-refractivity contribution in [3.05, 3.63) is 16.5 Å². The van der Waals surface area contributed by atoms with Crippen LogP contribution in [0.5, 0.6) is 0 Å². The lowest BCUT2D eigenvalue weighted by Gasteiger charge is -2.13. The van der Waals surface area contributed by atoms with Crippen LogP contribution in [0, 0.1) is 19.3 Å². The molecule has 1 aromatic heterocycles. The normalized spacial score (nSPS) is 17.6. The second-order valence-electron chi connectivity index (χ2n) is 4.70. The maximum Gasteiger partial charge on any atom is 0.137 e. The highest BCUT2D eigenvalue weighted by Crippen LogP contribution is 2.44. The zero-order valence-electron chi connectivity index (χ0n) is 9.39. The third kappa shape index (κ3) is 2.40. The molecule has 0 bridgehead atoms. The first kappa shape index (κ1) is 10.7. The number of hydrogen-bond donors (Lipinski definition) is 1. The van der Waals surface area contributed by atoms with Gasteiger partial charge in [-0.1, -0.05) is 18.5 Å². The fourth-order valence-corrected chi connectivity index (χ4v) is 1.67. The van der Waals surface area contributed by atoms with Crippen LogP contribution in [-0.4, -0.2) is 16.5 Å². The largest absolute Gasteiger partial charge is 0.369 e. The standard InChI is InChI=1S/C11H16ClN3/c1-7-9(12)14-8(2)15-10(7)13-6-11(3)4-5-11/h4-6H2,1-3H3,(H,13,14,15). The van der Waals surface area contributed by atoms with Crippen LogP contribution in [0.3, 0.4) is 0 Å². The lowest BCUT2D eigenvalue weighted by Crippen LogP contribution is -2.14. The van der Waals surface area contributed by atoms with Gasteiger partial charge in [-0.15, -0.1) is 0 Å². The molecule has 0 amide bonds. The van der Waals surface area contributed by atoms with E-state index in [2.05, 4.69) is 22.2 Å². The summed E-state index contributed by atoms with van der Waals surface area (Å²) in [5, 5.41) is 3.91. The van der Waals surface area contributed by atoms with E-state index < -0.39 is 0 Å². The van der Waals surface area contributed by atoms with Gasteiger partial charge in [-0.25, -0.2) is 9.97 Å². The van der Waals surface area contributed by atoms with E-state index >= 15 is 0 Å². The van der Waals surface area contributed by atoms with Crippen LogP contribution in [0.2, 0.25) is 5.15 Å². The van der Waals surface area contributed by atoms with Crippen molar-refractivity contribution in [3.8, 4) is 0 Å². The average Bonchev–Trinajstić information content (AvgIpc) is 2.88. The summed E-state index contributed by atoms with van der Waals surface area (Å²) in [5.41, 5.74) is 1.41. The number of halogens is 1. The molecule has 15 heavy (non-hydrogen) atoms. The van der Waals surface area contributed by atoms with E-state index in [1.54, 1.807) is 0 Å². The highest BCUT2D eigenvalue weighted by Gasteiger charge is 2.36. The Morgan fingerprint density at radius 2 is 2.00 bits per heavy atom. The lowest BCUT2D eigenvalue weighted by molar-refractivity contribution is 0.608. The van der Waals surface area contributed by atoms with E-state index in [1.165, 1.54) is 12.8 Å². The minimum Gasteiger partial charge on any atom is -0.369 e. The molecule has 0 aromatic carbocycles. The molecule has 0 saturated heterocycles. The van der Waals surface area contributed by atoms with E-state index in [0.717, 1.165) is 17.9 Å². The van der Waals surface area contributed by atoms with Crippen molar-refractivity contribution < 1.29 is 0 Å². The Morgan fingerprint density at radius 1 is 1.33 bits per heavy atom. The second kappa shape index (κ2) is 3.63. The molecule has 0 atom stereocenters. The first-order chi connectivity index (χ1) is 7.00. The van der Waals surface area contributed by atoms with Gasteiger partial charge in [0.15, 0.2) is 0 Å². The van der Waals surface area contributed by atoms with Gasteiger partial charge in [-0.3, -0.25) is 0 Å². The van der Waals surface area contributed by atoms with Crippen LogP contribution >= 0.6 is 11.6 Å². The van der Waals surface area contributed by atoms with Gasteiger partial charge in [0, 0.05) is 12.1 Å². The van der Waals surface area contributed by atoms with E-state index in [4.69, 9.17) is 11.6 Å². The zero-order chi connectivity index (χ0) is 11.1. The molecule has 1 heterocycles. The molecule has 1 aromatic rings. The molecule has 2 rings (SSSR count). The molecule has 1 N–H and O–H groups in total. The topological polar surface area (TPSA) is 37.8 Å². The molecule has 0 aliphatic heterocycles. The first-order valence-corrected chi connectivity index (χ1v) is 5.63. The van der Waals surface area contributed by atoms with Crippen molar-refractivity contribution in [1.29, 1.82) is 0 Å². The molecule has 0 unspecified atom stereocenters. The van der Waals surface area contributed by atoms with E-state index in [-0.39, 0.29) is 0 Å². The van der Waals surface area contributed by atoms with Crippen molar-refractivity contribution in [3.63, 3.8) is 0 Å². The molecule has 1 saturated carbocycles. The van der Waals surface area contributed by atoms with Crippen LogP contribution in [0.15, 0.2) is 0 Å². The third-order valence-corrected chi connectivity index (χ3v) is 3.35. The van der Waals surface area contributed by atoms with Gasteiger partial charge in [0.1, 0.15) is 16.8 Å². The van der Waals surface area contributed by atoms with Crippen molar-refractivity contribution >= 4 is 17.4 Å². The molecule has 4 heteroatoms. The van der Waals surface area contributed by atoms with Crippen molar-refractivity contribution in [2.75, 3.05) is 11.9 Å². The minimum absolute atomic E-state index is 0.470. The van der Waals surface area contributed by atoms with Gasteiger partial charge in [0.05, 0.1) is 0 Å². The van der Waals surface area contributed by atoms with Crippen molar-refractivity contribution in [1.82, 2.24) is 9.97 Å². The molecular weight excluding hydrogens is 210 g/mol. The molecule has 82 valence electrons. The summed E-state index contributed by atoms with van der Waals surface area (Å²) >= 11 is 5.99. The predicted molar refractivity (Wildman–Crippen MR) is 62.3 cm³/mol. The SMILES string of the molecule is Cc1nc(Cl)c(C)c(NCC2(C)CC2)n1.